The minimum absolute atomic E-state index is 0.110. The van der Waals surface area contributed by atoms with E-state index in [-0.39, 0.29) is 23.8 Å². The Labute approximate surface area is 123 Å². The summed E-state index contributed by atoms with van der Waals surface area (Å²) in [7, 11) is 0. The fourth-order valence-electron chi connectivity index (χ4n) is 1.87. The van der Waals surface area contributed by atoms with Crippen molar-refractivity contribution in [2.24, 2.45) is 0 Å². The summed E-state index contributed by atoms with van der Waals surface area (Å²) < 4.78 is 0. The number of nitrogens with one attached hydrogen (secondary N) is 2. The normalized spacial score (nSPS) is 10.2. The molecule has 21 heavy (non-hydrogen) atoms. The van der Waals surface area contributed by atoms with E-state index in [4.69, 9.17) is 5.11 Å². The van der Waals surface area contributed by atoms with E-state index in [1.54, 1.807) is 19.1 Å². The van der Waals surface area contributed by atoms with E-state index in [0.717, 1.165) is 19.3 Å². The zero-order valence-corrected chi connectivity index (χ0v) is 12.1. The predicted octanol–water partition coefficient (Wildman–Crippen LogP) is 1.92. The lowest BCUT2D eigenvalue weighted by Crippen LogP contribution is -2.22. The number of hydrogen-bond acceptors (Lipinski definition) is 5. The van der Waals surface area contributed by atoms with E-state index >= 15 is 0 Å². The summed E-state index contributed by atoms with van der Waals surface area (Å²) in [6.07, 6.45) is 2.39. The highest BCUT2D eigenvalue weighted by atomic mass is 16.6. The van der Waals surface area contributed by atoms with Gasteiger partial charge in [0.1, 0.15) is 5.69 Å². The van der Waals surface area contributed by atoms with Gasteiger partial charge in [0.25, 0.3) is 11.6 Å². The van der Waals surface area contributed by atoms with E-state index in [0.29, 0.717) is 18.8 Å². The Bertz CT molecular complexity index is 491. The topological polar surface area (TPSA) is 104 Å². The predicted molar refractivity (Wildman–Crippen MR) is 80.5 cm³/mol. The number of rotatable bonds is 9. The third-order valence-electron chi connectivity index (χ3n) is 2.94. The molecular weight excluding hydrogens is 274 g/mol. The van der Waals surface area contributed by atoms with Gasteiger partial charge in [-0.15, -0.1) is 0 Å². The molecule has 0 fully saturated rings. The van der Waals surface area contributed by atoms with Crippen LogP contribution < -0.4 is 10.6 Å². The third kappa shape index (κ3) is 5.39. The molecule has 1 aromatic carbocycles. The molecule has 1 amide bonds. The number of benzene rings is 1. The summed E-state index contributed by atoms with van der Waals surface area (Å²) in [6.45, 7) is 2.99. The zero-order chi connectivity index (χ0) is 15.7. The van der Waals surface area contributed by atoms with Crippen molar-refractivity contribution in [3.63, 3.8) is 0 Å². The molecule has 1 aromatic rings. The van der Waals surface area contributed by atoms with Gasteiger partial charge in [-0.2, -0.15) is 0 Å². The number of nitro benzene ring substituents is 1. The molecule has 0 spiro atoms. The monoisotopic (exact) mass is 295 g/mol. The summed E-state index contributed by atoms with van der Waals surface area (Å²) in [5, 5.41) is 25.4. The largest absolute Gasteiger partial charge is 0.396 e. The summed E-state index contributed by atoms with van der Waals surface area (Å²) >= 11 is 0. The molecule has 0 atom stereocenters. The molecule has 0 bridgehead atoms. The fraction of sp³-hybridized carbons (Fsp3) is 0.500. The zero-order valence-electron chi connectivity index (χ0n) is 12.1. The van der Waals surface area contributed by atoms with Crippen molar-refractivity contribution in [2.45, 2.75) is 26.2 Å². The molecule has 0 aromatic heterocycles. The number of unbranched alkanes of at least 4 members (excludes halogenated alkanes) is 2. The Balaban J connectivity index is 2.75. The van der Waals surface area contributed by atoms with E-state index in [2.05, 4.69) is 10.6 Å². The number of nitrogens with zero attached hydrogens (tertiary/aromatic N) is 1. The number of amides is 1. The summed E-state index contributed by atoms with van der Waals surface area (Å²) in [5.41, 5.74) is 0.562. The summed E-state index contributed by atoms with van der Waals surface area (Å²) in [4.78, 5) is 22.3. The van der Waals surface area contributed by atoms with Crippen LogP contribution in [0.4, 0.5) is 11.4 Å². The van der Waals surface area contributed by atoms with Gasteiger partial charge >= 0.3 is 0 Å². The van der Waals surface area contributed by atoms with Gasteiger partial charge in [-0.05, 0) is 38.3 Å². The van der Waals surface area contributed by atoms with Crippen LogP contribution in [0.15, 0.2) is 18.2 Å². The lowest BCUT2D eigenvalue weighted by molar-refractivity contribution is -0.384. The summed E-state index contributed by atoms with van der Waals surface area (Å²) in [5.74, 6) is -0.324. The Kier molecular flexibility index (Phi) is 7.17. The lowest BCUT2D eigenvalue weighted by Gasteiger charge is -2.08. The molecule has 0 aliphatic heterocycles. The molecule has 116 valence electrons. The van der Waals surface area contributed by atoms with Crippen LogP contribution in [0.3, 0.4) is 0 Å². The van der Waals surface area contributed by atoms with Crippen LogP contribution >= 0.6 is 0 Å². The first-order valence-corrected chi connectivity index (χ1v) is 7.01. The summed E-state index contributed by atoms with van der Waals surface area (Å²) in [6, 6.07) is 4.39. The van der Waals surface area contributed by atoms with Gasteiger partial charge in [-0.25, -0.2) is 0 Å². The van der Waals surface area contributed by atoms with Crippen molar-refractivity contribution in [1.82, 2.24) is 5.32 Å². The Morgan fingerprint density at radius 1 is 1.33 bits per heavy atom. The fourth-order valence-corrected chi connectivity index (χ4v) is 1.87. The molecular formula is C14H21N3O4. The molecule has 7 nitrogen and oxygen atoms in total. The molecule has 0 radical (unpaired) electrons. The van der Waals surface area contributed by atoms with Crippen LogP contribution in [0.5, 0.6) is 0 Å². The van der Waals surface area contributed by atoms with Crippen molar-refractivity contribution in [3.8, 4) is 0 Å². The Hall–Kier alpha value is -2.15. The van der Waals surface area contributed by atoms with Crippen LogP contribution in [0.2, 0.25) is 0 Å². The van der Waals surface area contributed by atoms with Gasteiger partial charge in [0.15, 0.2) is 0 Å². The molecule has 0 heterocycles. The molecule has 0 aliphatic carbocycles. The van der Waals surface area contributed by atoms with Crippen LogP contribution in [-0.4, -0.2) is 35.6 Å². The highest BCUT2D eigenvalue weighted by molar-refractivity contribution is 5.95. The average Bonchev–Trinajstić information content (AvgIpc) is 2.47. The SMILES string of the molecule is CCNC(=O)c1ccc(NCCCCCO)c([N+](=O)[O-])c1. The number of aliphatic hydroxyl groups is 1. The number of carbonyl (C=O) groups is 1. The highest BCUT2D eigenvalue weighted by Crippen LogP contribution is 2.25. The van der Waals surface area contributed by atoms with Crippen molar-refractivity contribution < 1.29 is 14.8 Å². The van der Waals surface area contributed by atoms with Gasteiger partial charge in [0.2, 0.25) is 0 Å². The van der Waals surface area contributed by atoms with Crippen molar-refractivity contribution in [3.05, 3.63) is 33.9 Å². The lowest BCUT2D eigenvalue weighted by atomic mass is 10.1. The molecule has 1 rings (SSSR count). The highest BCUT2D eigenvalue weighted by Gasteiger charge is 2.16. The first kappa shape index (κ1) is 16.9. The number of anilines is 1. The van der Waals surface area contributed by atoms with Gasteiger partial charge in [-0.1, -0.05) is 0 Å². The minimum atomic E-state index is -0.501. The maximum absolute atomic E-state index is 11.7. The second kappa shape index (κ2) is 8.91. The molecule has 0 saturated carbocycles. The maximum atomic E-state index is 11.7. The van der Waals surface area contributed by atoms with Crippen LogP contribution in [0, 0.1) is 10.1 Å². The van der Waals surface area contributed by atoms with E-state index in [1.807, 2.05) is 0 Å². The minimum Gasteiger partial charge on any atom is -0.396 e. The molecule has 0 aliphatic rings. The second-order valence-electron chi connectivity index (χ2n) is 4.56. The van der Waals surface area contributed by atoms with Gasteiger partial charge in [-0.3, -0.25) is 14.9 Å². The van der Waals surface area contributed by atoms with Gasteiger partial charge in [0.05, 0.1) is 4.92 Å². The number of aliphatic hydroxyl groups excluding tert-OH is 1. The van der Waals surface area contributed by atoms with Crippen molar-refractivity contribution in [2.75, 3.05) is 25.0 Å². The van der Waals surface area contributed by atoms with Gasteiger partial charge in [0, 0.05) is 31.3 Å². The van der Waals surface area contributed by atoms with E-state index in [9.17, 15) is 14.9 Å². The van der Waals surface area contributed by atoms with E-state index in [1.165, 1.54) is 6.07 Å². The van der Waals surface area contributed by atoms with E-state index < -0.39 is 4.92 Å². The van der Waals surface area contributed by atoms with Crippen LogP contribution in [0.25, 0.3) is 0 Å². The average molecular weight is 295 g/mol. The molecule has 3 N–H and O–H groups in total. The number of nitro groups is 1. The quantitative estimate of drug-likeness (QED) is 0.367. The second-order valence-corrected chi connectivity index (χ2v) is 4.56. The first-order chi connectivity index (χ1) is 10.1. The van der Waals surface area contributed by atoms with Crippen molar-refractivity contribution >= 4 is 17.3 Å². The first-order valence-electron chi connectivity index (χ1n) is 7.01. The van der Waals surface area contributed by atoms with Crippen molar-refractivity contribution in [1.29, 1.82) is 0 Å². The number of hydrogen-bond donors (Lipinski definition) is 3. The number of carbonyl (C=O) groups excluding carboxylic acids is 1. The third-order valence-corrected chi connectivity index (χ3v) is 2.94. The molecule has 0 unspecified atom stereocenters. The van der Waals surface area contributed by atoms with Gasteiger partial charge < -0.3 is 15.7 Å². The Morgan fingerprint density at radius 2 is 2.10 bits per heavy atom. The standard InChI is InChI=1S/C14H21N3O4/c1-2-15-14(19)11-6-7-12(13(10-11)17(20)21)16-8-4-3-5-9-18/h6-7,10,16,18H,2-5,8-9H2,1H3,(H,15,19). The Morgan fingerprint density at radius 3 is 2.71 bits per heavy atom. The van der Waals surface area contributed by atoms with Crippen LogP contribution in [-0.2, 0) is 0 Å². The maximum Gasteiger partial charge on any atom is 0.293 e. The molecule has 7 heteroatoms. The van der Waals surface area contributed by atoms with Crippen LogP contribution in [0.1, 0.15) is 36.5 Å². The smallest absolute Gasteiger partial charge is 0.293 e. The molecule has 0 saturated heterocycles.